The van der Waals surface area contributed by atoms with E-state index in [0.29, 0.717) is 17.9 Å². The zero-order chi connectivity index (χ0) is 28.1. The highest BCUT2D eigenvalue weighted by Gasteiger charge is 2.51. The predicted molar refractivity (Wildman–Crippen MR) is 140 cm³/mol. The van der Waals surface area contributed by atoms with Crippen molar-refractivity contribution < 1.29 is 27.6 Å². The molecule has 1 aliphatic heterocycles. The molecule has 1 aromatic carbocycles. The van der Waals surface area contributed by atoms with Crippen molar-refractivity contribution in [2.75, 3.05) is 43.9 Å². The van der Waals surface area contributed by atoms with Gasteiger partial charge in [0.05, 0.1) is 12.2 Å². The summed E-state index contributed by atoms with van der Waals surface area (Å²) in [4.78, 5) is 47.2. The largest absolute Gasteiger partial charge is 0.446 e. The van der Waals surface area contributed by atoms with Crippen LogP contribution in [0.2, 0.25) is 0 Å². The van der Waals surface area contributed by atoms with Crippen molar-refractivity contribution in [3.63, 3.8) is 0 Å². The highest BCUT2D eigenvalue weighted by molar-refractivity contribution is 8.00. The third-order valence-corrected chi connectivity index (χ3v) is 6.57. The Kier molecular flexibility index (Phi) is 9.39. The van der Waals surface area contributed by atoms with Crippen molar-refractivity contribution in [1.82, 2.24) is 20.1 Å². The van der Waals surface area contributed by atoms with Gasteiger partial charge in [-0.1, -0.05) is 0 Å². The number of carbonyl (C=O) groups is 3. The molecule has 0 unspecified atom stereocenters. The second kappa shape index (κ2) is 12.1. The van der Waals surface area contributed by atoms with Crippen molar-refractivity contribution in [1.29, 1.82) is 0 Å². The summed E-state index contributed by atoms with van der Waals surface area (Å²) in [5, 5.41) is 5.79. The molecular weight excluding hydrogens is 521 g/mol. The molecule has 4 amide bonds. The minimum Gasteiger partial charge on any atom is -0.310 e. The molecule has 206 valence electrons. The van der Waals surface area contributed by atoms with Gasteiger partial charge >= 0.3 is 11.5 Å². The number of carbonyl (C=O) groups excluding carboxylic acids is 3. The standard InChI is InChI=1S/C25H31F3N6O3S/c1-24(2)22(36)34(18-6-8-19(9-7-18)38-25(26,27)28)23(37)33(24)16-17-10-12-30-20(14-17)31-21(35)15-29-11-5-13-32(3)4/h6-10,12,14,29H,5,11,13,15-16H2,1-4H3,(H,30,31,35). The summed E-state index contributed by atoms with van der Waals surface area (Å²) in [6.45, 7) is 5.00. The molecule has 1 saturated heterocycles. The number of nitrogens with one attached hydrogen (secondary N) is 2. The van der Waals surface area contributed by atoms with E-state index >= 15 is 0 Å². The number of urea groups is 1. The van der Waals surface area contributed by atoms with E-state index in [1.54, 1.807) is 26.0 Å². The van der Waals surface area contributed by atoms with E-state index in [1.165, 1.54) is 35.4 Å². The number of alkyl halides is 3. The smallest absolute Gasteiger partial charge is 0.310 e. The van der Waals surface area contributed by atoms with Crippen LogP contribution in [0.15, 0.2) is 47.5 Å². The molecule has 0 atom stereocenters. The van der Waals surface area contributed by atoms with Crippen LogP contribution in [-0.4, -0.2) is 77.4 Å². The summed E-state index contributed by atoms with van der Waals surface area (Å²) >= 11 is -0.272. The number of hydrogen-bond acceptors (Lipinski definition) is 7. The molecule has 2 aromatic rings. The number of pyridine rings is 1. The number of thioether (sulfide) groups is 1. The number of nitrogens with zero attached hydrogens (tertiary/aromatic N) is 4. The lowest BCUT2D eigenvalue weighted by molar-refractivity contribution is -0.123. The van der Waals surface area contributed by atoms with Crippen molar-refractivity contribution in [2.24, 2.45) is 0 Å². The van der Waals surface area contributed by atoms with Gasteiger partial charge in [-0.15, -0.1) is 0 Å². The highest BCUT2D eigenvalue weighted by atomic mass is 32.2. The van der Waals surface area contributed by atoms with Crippen LogP contribution in [0.4, 0.5) is 29.5 Å². The number of rotatable bonds is 11. The molecule has 1 fully saturated rings. The molecule has 3 rings (SSSR count). The Bertz CT molecular complexity index is 1160. The highest BCUT2D eigenvalue weighted by Crippen LogP contribution is 2.39. The van der Waals surface area contributed by atoms with Crippen molar-refractivity contribution in [3.05, 3.63) is 48.2 Å². The van der Waals surface area contributed by atoms with Crippen molar-refractivity contribution in [2.45, 2.75) is 42.8 Å². The Morgan fingerprint density at radius 3 is 2.45 bits per heavy atom. The second-order valence-electron chi connectivity index (χ2n) is 9.54. The van der Waals surface area contributed by atoms with Crippen LogP contribution in [0.1, 0.15) is 25.8 Å². The Hall–Kier alpha value is -3.16. The van der Waals surface area contributed by atoms with Crippen LogP contribution in [0, 0.1) is 0 Å². The molecule has 0 saturated carbocycles. The lowest BCUT2D eigenvalue weighted by atomic mass is 10.0. The topological polar surface area (TPSA) is 97.9 Å². The van der Waals surface area contributed by atoms with Gasteiger partial charge in [-0.2, -0.15) is 13.2 Å². The number of benzene rings is 1. The van der Waals surface area contributed by atoms with E-state index < -0.39 is 23.0 Å². The van der Waals surface area contributed by atoms with Crippen molar-refractivity contribution >= 4 is 41.1 Å². The first kappa shape index (κ1) is 29.4. The number of halogens is 3. The summed E-state index contributed by atoms with van der Waals surface area (Å²) in [5.74, 6) is -0.444. The van der Waals surface area contributed by atoms with Gasteiger partial charge in [-0.05, 0) is 101 Å². The molecule has 9 nitrogen and oxygen atoms in total. The minimum atomic E-state index is -4.44. The van der Waals surface area contributed by atoms with Gasteiger partial charge in [0.1, 0.15) is 11.4 Å². The quantitative estimate of drug-likeness (QED) is 0.248. The number of aromatic nitrogens is 1. The third-order valence-electron chi connectivity index (χ3n) is 5.83. The van der Waals surface area contributed by atoms with E-state index in [9.17, 15) is 27.6 Å². The molecule has 38 heavy (non-hydrogen) atoms. The molecule has 1 aromatic heterocycles. The molecule has 1 aliphatic rings. The van der Waals surface area contributed by atoms with Crippen LogP contribution in [0.5, 0.6) is 0 Å². The number of imide groups is 1. The fourth-order valence-electron chi connectivity index (χ4n) is 3.86. The lowest BCUT2D eigenvalue weighted by Gasteiger charge is -2.27. The normalized spacial score (nSPS) is 15.5. The fourth-order valence-corrected chi connectivity index (χ4v) is 4.40. The summed E-state index contributed by atoms with van der Waals surface area (Å²) < 4.78 is 37.9. The van der Waals surface area contributed by atoms with Gasteiger partial charge < -0.3 is 20.4 Å². The van der Waals surface area contributed by atoms with E-state index in [0.717, 1.165) is 17.9 Å². The maximum absolute atomic E-state index is 13.3. The van der Waals surface area contributed by atoms with Gasteiger partial charge in [-0.3, -0.25) is 9.59 Å². The second-order valence-corrected chi connectivity index (χ2v) is 10.7. The average molecular weight is 553 g/mol. The van der Waals surface area contributed by atoms with Gasteiger partial charge in [0.15, 0.2) is 0 Å². The molecule has 0 aliphatic carbocycles. The minimum absolute atomic E-state index is 0.0495. The lowest BCUT2D eigenvalue weighted by Crippen LogP contribution is -2.43. The first-order valence-electron chi connectivity index (χ1n) is 11.9. The maximum atomic E-state index is 13.3. The zero-order valence-electron chi connectivity index (χ0n) is 21.6. The van der Waals surface area contributed by atoms with Gasteiger partial charge in [-0.25, -0.2) is 14.7 Å². The Morgan fingerprint density at radius 1 is 1.13 bits per heavy atom. The first-order chi connectivity index (χ1) is 17.8. The SMILES string of the molecule is CN(C)CCCNCC(=O)Nc1cc(CN2C(=O)N(c3ccc(SC(F)(F)F)cc3)C(=O)C2(C)C)ccn1. The number of anilines is 2. The van der Waals surface area contributed by atoms with Crippen LogP contribution in [-0.2, 0) is 16.1 Å². The monoisotopic (exact) mass is 552 g/mol. The van der Waals surface area contributed by atoms with Crippen molar-refractivity contribution in [3.8, 4) is 0 Å². The van der Waals surface area contributed by atoms with Crippen LogP contribution >= 0.6 is 11.8 Å². The molecule has 0 radical (unpaired) electrons. The van der Waals surface area contributed by atoms with E-state index in [-0.39, 0.29) is 41.3 Å². The summed E-state index contributed by atoms with van der Waals surface area (Å²) in [7, 11) is 3.96. The third kappa shape index (κ3) is 7.68. The molecule has 0 spiro atoms. The van der Waals surface area contributed by atoms with Crippen LogP contribution < -0.4 is 15.5 Å². The maximum Gasteiger partial charge on any atom is 0.446 e. The Morgan fingerprint density at radius 2 is 1.82 bits per heavy atom. The zero-order valence-corrected chi connectivity index (χ0v) is 22.4. The van der Waals surface area contributed by atoms with Crippen LogP contribution in [0.3, 0.4) is 0 Å². The molecule has 13 heteroatoms. The number of hydrogen-bond donors (Lipinski definition) is 2. The van der Waals surface area contributed by atoms with Gasteiger partial charge in [0, 0.05) is 17.6 Å². The van der Waals surface area contributed by atoms with E-state index in [1.807, 2.05) is 14.1 Å². The summed E-state index contributed by atoms with van der Waals surface area (Å²) in [5.41, 5.74) is -4.82. The molecule has 2 N–H and O–H groups in total. The summed E-state index contributed by atoms with van der Waals surface area (Å²) in [6, 6.07) is 7.78. The summed E-state index contributed by atoms with van der Waals surface area (Å²) in [6.07, 6.45) is 2.40. The Balaban J connectivity index is 1.66. The predicted octanol–water partition coefficient (Wildman–Crippen LogP) is 3.92. The van der Waals surface area contributed by atoms with E-state index in [4.69, 9.17) is 0 Å². The molecule has 0 bridgehead atoms. The van der Waals surface area contributed by atoms with Crippen LogP contribution in [0.25, 0.3) is 0 Å². The molecule has 2 heterocycles. The number of amides is 4. The molecular formula is C25H31F3N6O3S. The fraction of sp³-hybridized carbons (Fsp3) is 0.440. The Labute approximate surface area is 223 Å². The van der Waals surface area contributed by atoms with Gasteiger partial charge in [0.25, 0.3) is 5.91 Å². The first-order valence-corrected chi connectivity index (χ1v) is 12.7. The van der Waals surface area contributed by atoms with E-state index in [2.05, 4.69) is 20.5 Å². The van der Waals surface area contributed by atoms with Gasteiger partial charge in [0.2, 0.25) is 5.91 Å². The average Bonchev–Trinajstić information content (AvgIpc) is 2.98.